The first kappa shape index (κ1) is 22.2. The maximum atomic E-state index is 5.30. The molecule has 0 aliphatic carbocycles. The van der Waals surface area contributed by atoms with Gasteiger partial charge in [0.25, 0.3) is 0 Å². The van der Waals surface area contributed by atoms with Crippen LogP contribution in [0.15, 0.2) is 59.6 Å². The number of hydrogen-bond acceptors (Lipinski definition) is 3. The predicted octanol–water partition coefficient (Wildman–Crippen LogP) is 3.85. The maximum absolute atomic E-state index is 5.30. The van der Waals surface area contributed by atoms with E-state index in [4.69, 9.17) is 4.74 Å². The van der Waals surface area contributed by atoms with Crippen LogP contribution in [0.25, 0.3) is 0 Å². The number of rotatable bonds is 8. The number of aryl methyl sites for hydroxylation is 1. The number of piperidine rings is 1. The van der Waals surface area contributed by atoms with Crippen LogP contribution >= 0.6 is 0 Å². The SMILES string of the molecule is CN=C(NCCCc1cccc(OC)c1)NC1CCN(Cc2ccccc2)C(C)C1. The van der Waals surface area contributed by atoms with E-state index in [1.54, 1.807) is 7.11 Å². The highest BCUT2D eigenvalue weighted by Crippen LogP contribution is 2.20. The molecule has 0 radical (unpaired) electrons. The van der Waals surface area contributed by atoms with E-state index in [2.05, 4.69) is 69.9 Å². The molecule has 5 nitrogen and oxygen atoms in total. The molecular formula is C25H36N4O. The first-order valence-electron chi connectivity index (χ1n) is 11.1. The van der Waals surface area contributed by atoms with Gasteiger partial charge in [0.15, 0.2) is 5.96 Å². The molecule has 0 spiro atoms. The lowest BCUT2D eigenvalue weighted by Crippen LogP contribution is -2.51. The van der Waals surface area contributed by atoms with Gasteiger partial charge in [-0.3, -0.25) is 9.89 Å². The summed E-state index contributed by atoms with van der Waals surface area (Å²) in [4.78, 5) is 7.01. The molecule has 0 saturated carbocycles. The zero-order valence-corrected chi connectivity index (χ0v) is 18.6. The molecule has 2 N–H and O–H groups in total. The van der Waals surface area contributed by atoms with Crippen molar-refractivity contribution in [2.75, 3.05) is 27.2 Å². The largest absolute Gasteiger partial charge is 0.497 e. The second kappa shape index (κ2) is 11.6. The van der Waals surface area contributed by atoms with Gasteiger partial charge in [0.2, 0.25) is 0 Å². The van der Waals surface area contributed by atoms with Crippen LogP contribution in [0.3, 0.4) is 0 Å². The summed E-state index contributed by atoms with van der Waals surface area (Å²) >= 11 is 0. The monoisotopic (exact) mass is 408 g/mol. The lowest BCUT2D eigenvalue weighted by Gasteiger charge is -2.38. The number of nitrogens with zero attached hydrogens (tertiary/aromatic N) is 2. The van der Waals surface area contributed by atoms with Crippen LogP contribution in [-0.4, -0.2) is 50.2 Å². The topological polar surface area (TPSA) is 48.9 Å². The molecule has 1 heterocycles. The number of nitrogens with one attached hydrogen (secondary N) is 2. The molecule has 30 heavy (non-hydrogen) atoms. The van der Waals surface area contributed by atoms with Gasteiger partial charge in [0, 0.05) is 38.8 Å². The molecule has 3 rings (SSSR count). The van der Waals surface area contributed by atoms with E-state index in [-0.39, 0.29) is 0 Å². The summed E-state index contributed by atoms with van der Waals surface area (Å²) < 4.78 is 5.30. The third-order valence-corrected chi connectivity index (χ3v) is 5.88. The van der Waals surface area contributed by atoms with Gasteiger partial charge in [-0.15, -0.1) is 0 Å². The second-order valence-corrected chi connectivity index (χ2v) is 8.12. The van der Waals surface area contributed by atoms with Crippen LogP contribution in [0.4, 0.5) is 0 Å². The summed E-state index contributed by atoms with van der Waals surface area (Å²) in [7, 11) is 3.56. The number of benzene rings is 2. The maximum Gasteiger partial charge on any atom is 0.191 e. The summed E-state index contributed by atoms with van der Waals surface area (Å²) in [5.41, 5.74) is 2.70. The van der Waals surface area contributed by atoms with Crippen molar-refractivity contribution < 1.29 is 4.74 Å². The Kier molecular flexibility index (Phi) is 8.57. The van der Waals surface area contributed by atoms with E-state index in [1.807, 2.05) is 19.2 Å². The fraction of sp³-hybridized carbons (Fsp3) is 0.480. The Morgan fingerprint density at radius 1 is 1.13 bits per heavy atom. The van der Waals surface area contributed by atoms with E-state index in [0.29, 0.717) is 12.1 Å². The second-order valence-electron chi connectivity index (χ2n) is 8.12. The molecule has 0 aromatic heterocycles. The highest BCUT2D eigenvalue weighted by atomic mass is 16.5. The summed E-state index contributed by atoms with van der Waals surface area (Å²) in [6.45, 7) is 5.38. The third-order valence-electron chi connectivity index (χ3n) is 5.88. The molecule has 0 amide bonds. The Hall–Kier alpha value is -2.53. The van der Waals surface area contributed by atoms with E-state index in [1.165, 1.54) is 11.1 Å². The minimum absolute atomic E-state index is 0.469. The lowest BCUT2D eigenvalue weighted by atomic mass is 9.97. The van der Waals surface area contributed by atoms with Crippen molar-refractivity contribution in [2.45, 2.75) is 51.2 Å². The van der Waals surface area contributed by atoms with Gasteiger partial charge in [0.05, 0.1) is 7.11 Å². The van der Waals surface area contributed by atoms with Crippen LogP contribution in [0.2, 0.25) is 0 Å². The van der Waals surface area contributed by atoms with Crippen LogP contribution in [0.5, 0.6) is 5.75 Å². The van der Waals surface area contributed by atoms with Crippen molar-refractivity contribution >= 4 is 5.96 Å². The molecule has 0 bridgehead atoms. The summed E-state index contributed by atoms with van der Waals surface area (Å²) in [6, 6.07) is 20.1. The lowest BCUT2D eigenvalue weighted by molar-refractivity contribution is 0.134. The quantitative estimate of drug-likeness (QED) is 0.396. The van der Waals surface area contributed by atoms with Crippen molar-refractivity contribution in [2.24, 2.45) is 4.99 Å². The molecule has 1 aliphatic heterocycles. The van der Waals surface area contributed by atoms with Crippen molar-refractivity contribution in [1.82, 2.24) is 15.5 Å². The first-order valence-corrected chi connectivity index (χ1v) is 11.1. The van der Waals surface area contributed by atoms with E-state index in [9.17, 15) is 0 Å². The zero-order valence-electron chi connectivity index (χ0n) is 18.6. The van der Waals surface area contributed by atoms with E-state index >= 15 is 0 Å². The van der Waals surface area contributed by atoms with Crippen LogP contribution in [0.1, 0.15) is 37.3 Å². The zero-order chi connectivity index (χ0) is 21.2. The van der Waals surface area contributed by atoms with Gasteiger partial charge in [0.1, 0.15) is 5.75 Å². The van der Waals surface area contributed by atoms with Crippen molar-refractivity contribution in [3.8, 4) is 5.75 Å². The summed E-state index contributed by atoms with van der Waals surface area (Å²) in [5.74, 6) is 1.83. The number of hydrogen-bond donors (Lipinski definition) is 2. The predicted molar refractivity (Wildman–Crippen MR) is 125 cm³/mol. The van der Waals surface area contributed by atoms with Gasteiger partial charge in [-0.25, -0.2) is 0 Å². The summed E-state index contributed by atoms with van der Waals surface area (Å²) in [6.07, 6.45) is 4.36. The van der Waals surface area contributed by atoms with Crippen molar-refractivity contribution in [3.05, 3.63) is 65.7 Å². The molecular weight excluding hydrogens is 372 g/mol. The Labute approximate surface area is 181 Å². The Bertz CT molecular complexity index is 793. The highest BCUT2D eigenvalue weighted by molar-refractivity contribution is 5.79. The molecule has 2 unspecified atom stereocenters. The van der Waals surface area contributed by atoms with Crippen LogP contribution < -0.4 is 15.4 Å². The smallest absolute Gasteiger partial charge is 0.191 e. The van der Waals surface area contributed by atoms with Gasteiger partial charge in [-0.05, 0) is 55.9 Å². The molecule has 2 atom stereocenters. The molecule has 5 heteroatoms. The molecule has 1 aliphatic rings. The number of aliphatic imine (C=N–C) groups is 1. The first-order chi connectivity index (χ1) is 14.7. The third kappa shape index (κ3) is 6.77. The van der Waals surface area contributed by atoms with Gasteiger partial charge in [-0.1, -0.05) is 42.5 Å². The Morgan fingerprint density at radius 2 is 1.93 bits per heavy atom. The van der Waals surface area contributed by atoms with Crippen LogP contribution in [-0.2, 0) is 13.0 Å². The van der Waals surface area contributed by atoms with Gasteiger partial charge in [-0.2, -0.15) is 0 Å². The number of likely N-dealkylation sites (tertiary alicyclic amines) is 1. The van der Waals surface area contributed by atoms with Gasteiger partial charge >= 0.3 is 0 Å². The Balaban J connectivity index is 1.38. The number of methoxy groups -OCH3 is 1. The van der Waals surface area contributed by atoms with E-state index in [0.717, 1.165) is 57.0 Å². The molecule has 1 fully saturated rings. The molecule has 162 valence electrons. The van der Waals surface area contributed by atoms with Crippen molar-refractivity contribution in [1.29, 1.82) is 0 Å². The van der Waals surface area contributed by atoms with Crippen LogP contribution in [0, 0.1) is 0 Å². The summed E-state index contributed by atoms with van der Waals surface area (Å²) in [5, 5.41) is 7.11. The fourth-order valence-corrected chi connectivity index (χ4v) is 4.12. The average Bonchev–Trinajstić information content (AvgIpc) is 2.78. The standard InChI is InChI=1S/C25H36N4O/c1-20-17-23(14-16-29(20)19-22-9-5-4-6-10-22)28-25(26-2)27-15-8-12-21-11-7-13-24(18-21)30-3/h4-7,9-11,13,18,20,23H,8,12,14-17,19H2,1-3H3,(H2,26,27,28). The van der Waals surface area contributed by atoms with E-state index < -0.39 is 0 Å². The Morgan fingerprint density at radius 3 is 2.67 bits per heavy atom. The molecule has 2 aromatic carbocycles. The molecule has 1 saturated heterocycles. The number of ether oxygens (including phenoxy) is 1. The normalized spacial score (nSPS) is 20.0. The minimum Gasteiger partial charge on any atom is -0.497 e. The van der Waals surface area contributed by atoms with Gasteiger partial charge < -0.3 is 15.4 Å². The minimum atomic E-state index is 0.469. The fourth-order valence-electron chi connectivity index (χ4n) is 4.12. The number of guanidine groups is 1. The highest BCUT2D eigenvalue weighted by Gasteiger charge is 2.25. The van der Waals surface area contributed by atoms with Crippen molar-refractivity contribution in [3.63, 3.8) is 0 Å². The average molecular weight is 409 g/mol. The molecule has 2 aromatic rings.